The number of aryl methyl sites for hydroxylation is 1. The number of aromatic nitrogens is 3. The zero-order chi connectivity index (χ0) is 20.9. The quantitative estimate of drug-likeness (QED) is 0.608. The minimum atomic E-state index is -0.158. The van der Waals surface area contributed by atoms with E-state index in [1.54, 1.807) is 6.20 Å². The van der Waals surface area contributed by atoms with Crippen LogP contribution in [0.4, 0.5) is 0 Å². The molecule has 0 saturated carbocycles. The number of pyridine rings is 1. The van der Waals surface area contributed by atoms with E-state index in [1.807, 2.05) is 41.3 Å². The Morgan fingerprint density at radius 1 is 1.07 bits per heavy atom. The number of carbonyl (C=O) groups is 1. The van der Waals surface area contributed by atoms with E-state index in [0.29, 0.717) is 6.42 Å². The van der Waals surface area contributed by atoms with Crippen molar-refractivity contribution >= 4 is 5.91 Å². The summed E-state index contributed by atoms with van der Waals surface area (Å²) in [7, 11) is 1.93. The van der Waals surface area contributed by atoms with E-state index in [-0.39, 0.29) is 11.9 Å². The summed E-state index contributed by atoms with van der Waals surface area (Å²) in [5.74, 6) is 0.235. The summed E-state index contributed by atoms with van der Waals surface area (Å²) in [5, 5.41) is 4.29. The van der Waals surface area contributed by atoms with Crippen LogP contribution in [-0.4, -0.2) is 56.1 Å². The highest BCUT2D eigenvalue weighted by Gasteiger charge is 2.34. The topological polar surface area (TPSA) is 54.3 Å². The largest absolute Gasteiger partial charge is 0.340 e. The Balaban J connectivity index is 1.57. The van der Waals surface area contributed by atoms with Crippen LogP contribution >= 0.6 is 0 Å². The first-order chi connectivity index (χ1) is 14.6. The van der Waals surface area contributed by atoms with E-state index in [2.05, 4.69) is 52.2 Å². The fourth-order valence-corrected chi connectivity index (χ4v) is 4.20. The van der Waals surface area contributed by atoms with Crippen molar-refractivity contribution in [3.63, 3.8) is 0 Å². The fourth-order valence-electron chi connectivity index (χ4n) is 4.20. The maximum Gasteiger partial charge on any atom is 0.240 e. The number of hydrogen-bond acceptors (Lipinski definition) is 4. The Bertz CT molecular complexity index is 984. The first kappa shape index (κ1) is 20.3. The summed E-state index contributed by atoms with van der Waals surface area (Å²) in [6.07, 6.45) is 9.27. The van der Waals surface area contributed by atoms with E-state index >= 15 is 0 Å². The smallest absolute Gasteiger partial charge is 0.240 e. The molecule has 1 aliphatic rings. The summed E-state index contributed by atoms with van der Waals surface area (Å²) in [6.45, 7) is 5.37. The molecule has 0 radical (unpaired) electrons. The molecule has 0 unspecified atom stereocenters. The van der Waals surface area contributed by atoms with E-state index in [4.69, 9.17) is 0 Å². The molecule has 156 valence electrons. The van der Waals surface area contributed by atoms with Gasteiger partial charge in [-0.25, -0.2) is 0 Å². The van der Waals surface area contributed by atoms with Crippen LogP contribution in [0.1, 0.15) is 24.5 Å². The highest BCUT2D eigenvalue weighted by Crippen LogP contribution is 2.23. The first-order valence-corrected chi connectivity index (χ1v) is 10.6. The lowest BCUT2D eigenvalue weighted by Crippen LogP contribution is -2.57. The van der Waals surface area contributed by atoms with E-state index in [1.165, 1.54) is 5.56 Å². The second-order valence-corrected chi connectivity index (χ2v) is 7.98. The molecule has 0 spiro atoms. The average molecular weight is 404 g/mol. The summed E-state index contributed by atoms with van der Waals surface area (Å²) in [5.41, 5.74) is 4.54. The highest BCUT2D eigenvalue weighted by molar-refractivity contribution is 5.83. The highest BCUT2D eigenvalue weighted by atomic mass is 16.2. The van der Waals surface area contributed by atoms with Crippen molar-refractivity contribution in [1.29, 1.82) is 0 Å². The van der Waals surface area contributed by atoms with Gasteiger partial charge in [0.05, 0.1) is 12.2 Å². The van der Waals surface area contributed by atoms with E-state index < -0.39 is 0 Å². The number of carbonyl (C=O) groups excluding carboxylic acids is 1. The van der Waals surface area contributed by atoms with Gasteiger partial charge in [0.1, 0.15) is 0 Å². The standard InChI is InChI=1S/C24H29N5O/c1-3-10-28-11-12-29(18-20-15-26-27(2)17-20)23(24(28)30)14-19-6-4-7-21(13-19)22-8-5-9-25-16-22/h4-9,13,15-17,23H,3,10-12,14,18H2,1-2H3/t23-/m0/s1. The molecule has 6 nitrogen and oxygen atoms in total. The van der Waals surface area contributed by atoms with Crippen molar-refractivity contribution in [2.75, 3.05) is 19.6 Å². The first-order valence-electron chi connectivity index (χ1n) is 10.6. The maximum absolute atomic E-state index is 13.3. The predicted octanol–water partition coefficient (Wildman–Crippen LogP) is 3.15. The van der Waals surface area contributed by atoms with Crippen LogP contribution in [0.5, 0.6) is 0 Å². The second kappa shape index (κ2) is 9.22. The minimum Gasteiger partial charge on any atom is -0.340 e. The normalized spacial score (nSPS) is 17.5. The van der Waals surface area contributed by atoms with Gasteiger partial charge in [-0.15, -0.1) is 0 Å². The molecular formula is C24H29N5O. The number of amides is 1. The average Bonchev–Trinajstić information content (AvgIpc) is 3.18. The Morgan fingerprint density at radius 2 is 1.93 bits per heavy atom. The Kier molecular flexibility index (Phi) is 6.23. The van der Waals surface area contributed by atoms with Gasteiger partial charge in [0, 0.05) is 57.4 Å². The summed E-state index contributed by atoms with van der Waals surface area (Å²) < 4.78 is 1.82. The lowest BCUT2D eigenvalue weighted by molar-refractivity contribution is -0.142. The molecule has 4 rings (SSSR count). The van der Waals surface area contributed by atoms with Crippen molar-refractivity contribution in [3.8, 4) is 11.1 Å². The van der Waals surface area contributed by atoms with E-state index in [9.17, 15) is 4.79 Å². The van der Waals surface area contributed by atoms with Crippen LogP contribution in [0, 0.1) is 0 Å². The van der Waals surface area contributed by atoms with Crippen LogP contribution in [0.25, 0.3) is 11.1 Å². The van der Waals surface area contributed by atoms with Crippen LogP contribution in [0.2, 0.25) is 0 Å². The third-order valence-corrected chi connectivity index (χ3v) is 5.68. The molecular weight excluding hydrogens is 374 g/mol. The van der Waals surface area contributed by atoms with Gasteiger partial charge in [0.2, 0.25) is 5.91 Å². The van der Waals surface area contributed by atoms with Crippen LogP contribution in [0.15, 0.2) is 61.2 Å². The molecule has 1 atom stereocenters. The van der Waals surface area contributed by atoms with Crippen molar-refractivity contribution < 1.29 is 4.79 Å². The van der Waals surface area contributed by atoms with Crippen LogP contribution in [0.3, 0.4) is 0 Å². The molecule has 2 aromatic heterocycles. The van der Waals surface area contributed by atoms with Gasteiger partial charge in [-0.3, -0.25) is 19.4 Å². The molecule has 6 heteroatoms. The van der Waals surface area contributed by atoms with Crippen LogP contribution in [-0.2, 0) is 24.8 Å². The van der Waals surface area contributed by atoms with E-state index in [0.717, 1.165) is 49.3 Å². The van der Waals surface area contributed by atoms with Gasteiger partial charge in [-0.05, 0) is 35.6 Å². The monoisotopic (exact) mass is 403 g/mol. The molecule has 0 N–H and O–H groups in total. The van der Waals surface area contributed by atoms with Crippen molar-refractivity contribution in [2.45, 2.75) is 32.4 Å². The number of nitrogens with zero attached hydrogens (tertiary/aromatic N) is 5. The number of rotatable bonds is 7. The lowest BCUT2D eigenvalue weighted by Gasteiger charge is -2.40. The molecule has 1 aliphatic heterocycles. The van der Waals surface area contributed by atoms with Gasteiger partial charge in [0.25, 0.3) is 0 Å². The summed E-state index contributed by atoms with van der Waals surface area (Å²) >= 11 is 0. The molecule has 1 aromatic carbocycles. The summed E-state index contributed by atoms with van der Waals surface area (Å²) in [6, 6.07) is 12.3. The molecule has 3 heterocycles. The summed E-state index contributed by atoms with van der Waals surface area (Å²) in [4.78, 5) is 21.9. The molecule has 0 bridgehead atoms. The Morgan fingerprint density at radius 3 is 2.67 bits per heavy atom. The zero-order valence-electron chi connectivity index (χ0n) is 17.7. The molecule has 3 aromatic rings. The minimum absolute atomic E-state index is 0.158. The Hall–Kier alpha value is -2.99. The number of benzene rings is 1. The van der Waals surface area contributed by atoms with Crippen molar-refractivity contribution in [1.82, 2.24) is 24.6 Å². The second-order valence-electron chi connectivity index (χ2n) is 7.98. The van der Waals surface area contributed by atoms with Crippen molar-refractivity contribution in [3.05, 3.63) is 72.3 Å². The third kappa shape index (κ3) is 4.60. The van der Waals surface area contributed by atoms with Crippen LogP contribution < -0.4 is 0 Å². The van der Waals surface area contributed by atoms with Crippen molar-refractivity contribution in [2.24, 2.45) is 7.05 Å². The molecule has 0 aliphatic carbocycles. The fraction of sp³-hybridized carbons (Fsp3) is 0.375. The molecule has 1 saturated heterocycles. The van der Waals surface area contributed by atoms with Gasteiger partial charge in [0.15, 0.2) is 0 Å². The van der Waals surface area contributed by atoms with Gasteiger partial charge < -0.3 is 4.90 Å². The molecule has 1 amide bonds. The maximum atomic E-state index is 13.3. The predicted molar refractivity (Wildman–Crippen MR) is 118 cm³/mol. The lowest BCUT2D eigenvalue weighted by atomic mass is 9.97. The van der Waals surface area contributed by atoms with Gasteiger partial charge >= 0.3 is 0 Å². The zero-order valence-corrected chi connectivity index (χ0v) is 17.7. The van der Waals surface area contributed by atoms with Gasteiger partial charge in [-0.2, -0.15) is 5.10 Å². The molecule has 30 heavy (non-hydrogen) atoms. The van der Waals surface area contributed by atoms with Gasteiger partial charge in [-0.1, -0.05) is 37.3 Å². The third-order valence-electron chi connectivity index (χ3n) is 5.68. The SMILES string of the molecule is CCCN1CCN(Cc2cnn(C)c2)[C@@H](Cc2cccc(-c3cccnc3)c2)C1=O. The molecule has 1 fully saturated rings. The Labute approximate surface area is 178 Å². The number of piperazine rings is 1. The number of hydrogen-bond donors (Lipinski definition) is 0.